The van der Waals surface area contributed by atoms with E-state index in [9.17, 15) is 23.1 Å². The monoisotopic (exact) mass is 329 g/mol. The minimum Gasteiger partial charge on any atom is -0.479 e. The number of hydrogen-bond donors (Lipinski definition) is 3. The second-order valence-corrected chi connectivity index (χ2v) is 4.06. The number of benzene rings is 1. The summed E-state index contributed by atoms with van der Waals surface area (Å²) in [5.41, 5.74) is 4.70. The summed E-state index contributed by atoms with van der Waals surface area (Å²) in [4.78, 5) is 10.5. The smallest absolute Gasteiger partial charge is 0.479 e. The number of halogens is 4. The number of carboxylic acid groups (broad SMARTS) is 1. The van der Waals surface area contributed by atoms with Crippen LogP contribution in [0.1, 0.15) is 11.7 Å². The van der Waals surface area contributed by atoms with Gasteiger partial charge in [-0.25, -0.2) is 4.79 Å². The Kier molecular flexibility index (Phi) is 4.07. The van der Waals surface area contributed by atoms with Gasteiger partial charge in [-0.1, -0.05) is 0 Å². The number of nitrogens with two attached hydrogens (primary N) is 1. The molecule has 0 spiro atoms. The van der Waals surface area contributed by atoms with E-state index in [4.69, 9.17) is 10.8 Å². The Morgan fingerprint density at radius 2 is 2.00 bits per heavy atom. The molecule has 0 aliphatic rings. The zero-order valence-electron chi connectivity index (χ0n) is 8.53. The molecule has 0 fully saturated rings. The maximum absolute atomic E-state index is 12.0. The Balaban J connectivity index is 3.16. The van der Waals surface area contributed by atoms with Gasteiger partial charge >= 0.3 is 12.3 Å². The van der Waals surface area contributed by atoms with Crippen molar-refractivity contribution in [1.82, 2.24) is 0 Å². The number of alkyl halides is 3. The third kappa shape index (κ3) is 3.50. The van der Waals surface area contributed by atoms with Gasteiger partial charge < -0.3 is 20.7 Å². The number of ether oxygens (including phenoxy) is 1. The second-order valence-electron chi connectivity index (χ2n) is 3.21. The molecule has 100 valence electrons. The Bertz CT molecular complexity index is 454. The molecule has 1 aromatic rings. The van der Waals surface area contributed by atoms with Crippen LogP contribution in [0.3, 0.4) is 0 Å². The average Bonchev–Trinajstić information content (AvgIpc) is 2.20. The van der Waals surface area contributed by atoms with Gasteiger partial charge in [-0.15, -0.1) is 13.2 Å². The van der Waals surface area contributed by atoms with Crippen LogP contribution in [0, 0.1) is 0 Å². The van der Waals surface area contributed by atoms with Crippen molar-refractivity contribution < 1.29 is 32.9 Å². The number of aliphatic hydroxyl groups excluding tert-OH is 1. The minimum absolute atomic E-state index is 0.165. The highest BCUT2D eigenvalue weighted by Crippen LogP contribution is 2.37. The summed E-state index contributed by atoms with van der Waals surface area (Å²) < 4.78 is 39.6. The summed E-state index contributed by atoms with van der Waals surface area (Å²) in [5.74, 6) is -2.24. The lowest BCUT2D eigenvalue weighted by Crippen LogP contribution is -2.19. The van der Waals surface area contributed by atoms with Crippen LogP contribution in [0.25, 0.3) is 0 Å². The van der Waals surface area contributed by atoms with Gasteiger partial charge in [-0.05, 0) is 33.6 Å². The van der Waals surface area contributed by atoms with Crippen LogP contribution in [-0.4, -0.2) is 22.5 Å². The number of aliphatic carboxylic acids is 1. The number of carbonyl (C=O) groups is 1. The van der Waals surface area contributed by atoms with Gasteiger partial charge in [0.05, 0.1) is 10.2 Å². The normalized spacial score (nSPS) is 13.2. The SMILES string of the molecule is Nc1cc(C(O)C(=O)O)cc(Br)c1OC(F)(F)F. The minimum atomic E-state index is -4.93. The highest BCUT2D eigenvalue weighted by atomic mass is 79.9. The van der Waals surface area contributed by atoms with E-state index in [1.807, 2.05) is 0 Å². The fourth-order valence-corrected chi connectivity index (χ4v) is 1.73. The molecule has 0 radical (unpaired) electrons. The average molecular weight is 330 g/mol. The molecule has 0 amide bonds. The van der Waals surface area contributed by atoms with Gasteiger partial charge in [-0.2, -0.15) is 0 Å². The third-order valence-electron chi connectivity index (χ3n) is 1.86. The molecule has 1 atom stereocenters. The van der Waals surface area contributed by atoms with Crippen molar-refractivity contribution >= 4 is 27.6 Å². The number of carboxylic acids is 1. The standard InChI is InChI=1S/C9H7BrF3NO4/c10-4-1-3(6(15)8(16)17)2-5(14)7(4)18-9(11,12)13/h1-2,6,15H,14H2,(H,16,17). The fraction of sp³-hybridized carbons (Fsp3) is 0.222. The van der Waals surface area contributed by atoms with Crippen molar-refractivity contribution in [3.63, 3.8) is 0 Å². The highest BCUT2D eigenvalue weighted by molar-refractivity contribution is 9.10. The fourth-order valence-electron chi connectivity index (χ4n) is 1.16. The molecule has 0 aliphatic carbocycles. The Morgan fingerprint density at radius 1 is 1.44 bits per heavy atom. The quantitative estimate of drug-likeness (QED) is 0.738. The van der Waals surface area contributed by atoms with Gasteiger partial charge in [0, 0.05) is 0 Å². The van der Waals surface area contributed by atoms with Gasteiger partial charge in [0.2, 0.25) is 0 Å². The summed E-state index contributed by atoms with van der Waals surface area (Å²) in [7, 11) is 0. The summed E-state index contributed by atoms with van der Waals surface area (Å²) in [6.45, 7) is 0. The van der Waals surface area contributed by atoms with E-state index >= 15 is 0 Å². The van der Waals surface area contributed by atoms with E-state index in [0.29, 0.717) is 0 Å². The molecule has 1 aromatic carbocycles. The van der Waals surface area contributed by atoms with Crippen molar-refractivity contribution in [3.8, 4) is 5.75 Å². The van der Waals surface area contributed by atoms with Gasteiger partial charge in [-0.3, -0.25) is 0 Å². The third-order valence-corrected chi connectivity index (χ3v) is 2.45. The first-order valence-electron chi connectivity index (χ1n) is 4.37. The number of hydrogen-bond acceptors (Lipinski definition) is 4. The molecule has 1 unspecified atom stereocenters. The molecule has 0 aliphatic heterocycles. The molecule has 0 saturated heterocycles. The second kappa shape index (κ2) is 5.02. The molecule has 9 heteroatoms. The van der Waals surface area contributed by atoms with Crippen LogP contribution < -0.4 is 10.5 Å². The zero-order chi connectivity index (χ0) is 14.1. The number of anilines is 1. The molecule has 0 aromatic heterocycles. The lowest BCUT2D eigenvalue weighted by Gasteiger charge is -2.15. The van der Waals surface area contributed by atoms with Gasteiger partial charge in [0.1, 0.15) is 0 Å². The van der Waals surface area contributed by atoms with Crippen molar-refractivity contribution in [2.45, 2.75) is 12.5 Å². The molecule has 4 N–H and O–H groups in total. The molecule has 1 rings (SSSR count). The number of nitrogen functional groups attached to an aromatic ring is 1. The van der Waals surface area contributed by atoms with Crippen molar-refractivity contribution in [3.05, 3.63) is 22.2 Å². The van der Waals surface area contributed by atoms with Crippen molar-refractivity contribution in [2.24, 2.45) is 0 Å². The lowest BCUT2D eigenvalue weighted by atomic mass is 10.1. The van der Waals surface area contributed by atoms with Crippen LogP contribution in [0.4, 0.5) is 18.9 Å². The van der Waals surface area contributed by atoms with E-state index < -0.39 is 29.9 Å². The van der Waals surface area contributed by atoms with Crippen molar-refractivity contribution in [1.29, 1.82) is 0 Å². The first-order chi connectivity index (χ1) is 8.11. The van der Waals surface area contributed by atoms with Gasteiger partial charge in [0.15, 0.2) is 11.9 Å². The maximum Gasteiger partial charge on any atom is 0.573 e. The van der Waals surface area contributed by atoms with E-state index in [2.05, 4.69) is 20.7 Å². The highest BCUT2D eigenvalue weighted by Gasteiger charge is 2.33. The maximum atomic E-state index is 12.0. The largest absolute Gasteiger partial charge is 0.573 e. The first-order valence-corrected chi connectivity index (χ1v) is 5.16. The topological polar surface area (TPSA) is 92.8 Å². The molecule has 5 nitrogen and oxygen atoms in total. The van der Waals surface area contributed by atoms with Crippen LogP contribution in [0.2, 0.25) is 0 Å². The molecule has 18 heavy (non-hydrogen) atoms. The summed E-state index contributed by atoms with van der Waals surface area (Å²) in [6.07, 6.45) is -6.81. The van der Waals surface area contributed by atoms with E-state index in [1.165, 1.54) is 0 Å². The first kappa shape index (κ1) is 14.6. The molecule has 0 heterocycles. The van der Waals surface area contributed by atoms with E-state index in [0.717, 1.165) is 12.1 Å². The molecular formula is C9H7BrF3NO4. The Hall–Kier alpha value is -1.48. The van der Waals surface area contributed by atoms with E-state index in [-0.39, 0.29) is 10.0 Å². The molecular weight excluding hydrogens is 323 g/mol. The summed E-state index contributed by atoms with van der Waals surface area (Å²) in [5, 5.41) is 17.8. The lowest BCUT2D eigenvalue weighted by molar-refractivity contribution is -0.274. The van der Waals surface area contributed by atoms with E-state index in [1.54, 1.807) is 0 Å². The summed E-state index contributed by atoms with van der Waals surface area (Å²) >= 11 is 2.76. The number of rotatable bonds is 3. The Morgan fingerprint density at radius 3 is 2.39 bits per heavy atom. The number of aliphatic hydroxyl groups is 1. The predicted octanol–water partition coefficient (Wildman–Crippen LogP) is 2.05. The van der Waals surface area contributed by atoms with Crippen LogP contribution in [-0.2, 0) is 4.79 Å². The zero-order valence-corrected chi connectivity index (χ0v) is 10.1. The molecule has 0 saturated carbocycles. The van der Waals surface area contributed by atoms with Gasteiger partial charge in [0.25, 0.3) is 0 Å². The summed E-state index contributed by atoms with van der Waals surface area (Å²) in [6, 6.07) is 1.88. The van der Waals surface area contributed by atoms with Crippen LogP contribution in [0.5, 0.6) is 5.75 Å². The molecule has 0 bridgehead atoms. The predicted molar refractivity (Wildman–Crippen MR) is 57.8 cm³/mol. The van der Waals surface area contributed by atoms with Crippen LogP contribution in [0.15, 0.2) is 16.6 Å². The van der Waals surface area contributed by atoms with Crippen LogP contribution >= 0.6 is 15.9 Å². The Labute approximate surface area is 107 Å². The van der Waals surface area contributed by atoms with Crippen molar-refractivity contribution in [2.75, 3.05) is 5.73 Å².